The summed E-state index contributed by atoms with van der Waals surface area (Å²) >= 11 is 0. The lowest BCUT2D eigenvalue weighted by molar-refractivity contribution is -0.175. The minimum Gasteiger partial charge on any atom is -0.493 e. The maximum absolute atomic E-state index is 13.8. The van der Waals surface area contributed by atoms with E-state index in [1.165, 1.54) is 10.5 Å². The highest BCUT2D eigenvalue weighted by Crippen LogP contribution is 2.46. The molecule has 1 saturated carbocycles. The van der Waals surface area contributed by atoms with Crippen LogP contribution >= 0.6 is 0 Å². The zero-order valence-electron chi connectivity index (χ0n) is 24.1. The second-order valence-corrected chi connectivity index (χ2v) is 10.8. The number of amides is 2. The number of unbranched alkanes of at least 4 members (excludes halogenated alkanes) is 1. The molecule has 2 aromatic carbocycles. The van der Waals surface area contributed by atoms with E-state index in [2.05, 4.69) is 19.2 Å². The topological polar surface area (TPSA) is 88.1 Å². The molecule has 40 heavy (non-hydrogen) atoms. The Kier molecular flexibility index (Phi) is 10.4. The third-order valence-electron chi connectivity index (χ3n) is 7.35. The van der Waals surface area contributed by atoms with E-state index in [0.29, 0.717) is 37.7 Å². The minimum atomic E-state index is -3.12. The summed E-state index contributed by atoms with van der Waals surface area (Å²) < 4.78 is 39.4. The van der Waals surface area contributed by atoms with Gasteiger partial charge in [-0.15, -0.1) is 0 Å². The highest BCUT2D eigenvalue weighted by molar-refractivity contribution is 5.88. The van der Waals surface area contributed by atoms with Crippen LogP contribution in [0.2, 0.25) is 0 Å². The maximum atomic E-state index is 13.8. The first-order valence-electron chi connectivity index (χ1n) is 14.1. The van der Waals surface area contributed by atoms with Crippen molar-refractivity contribution in [3.63, 3.8) is 0 Å². The molecule has 1 unspecified atom stereocenters. The Balaban J connectivity index is 1.90. The Labute approximate surface area is 235 Å². The lowest BCUT2D eigenvalue weighted by atomic mass is 9.73. The van der Waals surface area contributed by atoms with E-state index in [0.717, 1.165) is 24.0 Å². The molecule has 0 radical (unpaired) electrons. The van der Waals surface area contributed by atoms with Gasteiger partial charge in [-0.3, -0.25) is 0 Å². The molecule has 220 valence electrons. The van der Waals surface area contributed by atoms with Crippen LogP contribution in [0.15, 0.2) is 42.5 Å². The average Bonchev–Trinajstić information content (AvgIpc) is 2.87. The number of carbonyl (C=O) groups excluding carboxylic acids is 1. The molecule has 2 N–H and O–H groups in total. The fourth-order valence-corrected chi connectivity index (χ4v) is 5.29. The molecule has 0 heterocycles. The number of hydrogen-bond acceptors (Lipinski definition) is 4. The standard InChI is InChI=1S/C31H42F2N2O5/c1-6-39-25-17-24(18-26(40-7-2)27(25)21(3)4)22(5)35(16-12-11-15-23-13-9-8-10-14-23)29(38)34-30(28(36)37)19-31(32,33)20-30/h8-10,13-14,17-18,21-22H,6-7,11-12,15-16,19-20H2,1-5H3,(H,34,38)(H,36,37). The predicted molar refractivity (Wildman–Crippen MR) is 150 cm³/mol. The first-order valence-corrected chi connectivity index (χ1v) is 14.1. The van der Waals surface area contributed by atoms with Gasteiger partial charge in [-0.25, -0.2) is 18.4 Å². The molecule has 1 fully saturated rings. The predicted octanol–water partition coefficient (Wildman–Crippen LogP) is 6.96. The zero-order chi connectivity index (χ0) is 29.5. The van der Waals surface area contributed by atoms with E-state index in [-0.39, 0.29) is 5.92 Å². The Hall–Kier alpha value is -3.36. The van der Waals surface area contributed by atoms with Crippen molar-refractivity contribution in [2.45, 2.75) is 90.1 Å². The second-order valence-electron chi connectivity index (χ2n) is 10.8. The van der Waals surface area contributed by atoms with Crippen molar-refractivity contribution in [1.29, 1.82) is 0 Å². The summed E-state index contributed by atoms with van der Waals surface area (Å²) in [6.07, 6.45) is 0.404. The number of ether oxygens (including phenoxy) is 2. The summed E-state index contributed by atoms with van der Waals surface area (Å²) in [7, 11) is 0. The molecule has 0 bridgehead atoms. The molecule has 7 nitrogen and oxygen atoms in total. The number of carboxylic acids is 1. The van der Waals surface area contributed by atoms with Crippen molar-refractivity contribution < 1.29 is 33.0 Å². The molecule has 1 aliphatic rings. The van der Waals surface area contributed by atoms with Gasteiger partial charge >= 0.3 is 12.0 Å². The van der Waals surface area contributed by atoms with Crippen molar-refractivity contribution in [3.05, 3.63) is 59.2 Å². The first-order chi connectivity index (χ1) is 18.9. The SMILES string of the molecule is CCOc1cc(C(C)N(CCCCc2ccccc2)C(=O)NC2(C(=O)O)CC(F)(F)C2)cc(OCC)c1C(C)C. The molecule has 1 atom stereocenters. The normalized spacial score (nSPS) is 16.1. The molecule has 2 aromatic rings. The number of alkyl halides is 2. The van der Waals surface area contributed by atoms with Crippen LogP contribution in [0.25, 0.3) is 0 Å². The van der Waals surface area contributed by atoms with Crippen LogP contribution in [-0.4, -0.2) is 53.2 Å². The van der Waals surface area contributed by atoms with Crippen molar-refractivity contribution in [3.8, 4) is 11.5 Å². The molecular formula is C31H42F2N2O5. The Morgan fingerprint density at radius 1 is 1.00 bits per heavy atom. The molecule has 1 aliphatic carbocycles. The maximum Gasteiger partial charge on any atom is 0.329 e. The molecular weight excluding hydrogens is 518 g/mol. The van der Waals surface area contributed by atoms with E-state index >= 15 is 0 Å². The van der Waals surface area contributed by atoms with E-state index in [1.807, 2.05) is 63.2 Å². The van der Waals surface area contributed by atoms with Crippen LogP contribution in [-0.2, 0) is 11.2 Å². The average molecular weight is 561 g/mol. The van der Waals surface area contributed by atoms with Crippen LogP contribution in [0.5, 0.6) is 11.5 Å². The molecule has 3 rings (SSSR count). The van der Waals surface area contributed by atoms with Crippen LogP contribution < -0.4 is 14.8 Å². The van der Waals surface area contributed by atoms with Gasteiger partial charge in [-0.1, -0.05) is 44.2 Å². The third kappa shape index (κ3) is 7.43. The van der Waals surface area contributed by atoms with Crippen LogP contribution in [0.1, 0.15) is 89.0 Å². The number of aliphatic carboxylic acids is 1. The quantitative estimate of drug-likeness (QED) is 0.244. The van der Waals surface area contributed by atoms with E-state index < -0.39 is 42.3 Å². The lowest BCUT2D eigenvalue weighted by Crippen LogP contribution is -2.68. The van der Waals surface area contributed by atoms with Gasteiger partial charge in [0.25, 0.3) is 5.92 Å². The zero-order valence-corrected chi connectivity index (χ0v) is 24.1. The lowest BCUT2D eigenvalue weighted by Gasteiger charge is -2.45. The summed E-state index contributed by atoms with van der Waals surface area (Å²) in [5.41, 5.74) is 0.870. The number of nitrogens with one attached hydrogen (secondary N) is 1. The number of aryl methyl sites for hydroxylation is 1. The number of carbonyl (C=O) groups is 2. The monoisotopic (exact) mass is 560 g/mol. The van der Waals surface area contributed by atoms with Crippen molar-refractivity contribution in [1.82, 2.24) is 10.2 Å². The minimum absolute atomic E-state index is 0.126. The number of benzene rings is 2. The fraction of sp³-hybridized carbons (Fsp3) is 0.548. The number of hydrogen-bond donors (Lipinski definition) is 2. The Morgan fingerprint density at radius 3 is 2.05 bits per heavy atom. The fourth-order valence-electron chi connectivity index (χ4n) is 5.29. The summed E-state index contributed by atoms with van der Waals surface area (Å²) in [6, 6.07) is 12.6. The molecule has 0 saturated heterocycles. The summed E-state index contributed by atoms with van der Waals surface area (Å²) in [5, 5.41) is 12.2. The van der Waals surface area contributed by atoms with Gasteiger partial charge in [-0.05, 0) is 69.2 Å². The van der Waals surface area contributed by atoms with Crippen molar-refractivity contribution in [2.75, 3.05) is 19.8 Å². The first kappa shape index (κ1) is 31.2. The van der Waals surface area contributed by atoms with Gasteiger partial charge in [0.1, 0.15) is 11.5 Å². The van der Waals surface area contributed by atoms with Crippen molar-refractivity contribution in [2.24, 2.45) is 0 Å². The number of urea groups is 1. The molecule has 0 aromatic heterocycles. The van der Waals surface area contributed by atoms with Gasteiger partial charge in [0.05, 0.1) is 19.3 Å². The summed E-state index contributed by atoms with van der Waals surface area (Å²) in [4.78, 5) is 27.1. The molecule has 0 spiro atoms. The van der Waals surface area contributed by atoms with Crippen LogP contribution in [0, 0.1) is 0 Å². The number of halogens is 2. The summed E-state index contributed by atoms with van der Waals surface area (Å²) in [6.45, 7) is 10.9. The van der Waals surface area contributed by atoms with Gasteiger partial charge in [-0.2, -0.15) is 0 Å². The smallest absolute Gasteiger partial charge is 0.329 e. The largest absolute Gasteiger partial charge is 0.493 e. The second kappa shape index (κ2) is 13.3. The molecule has 9 heteroatoms. The molecule has 0 aliphatic heterocycles. The Bertz CT molecular complexity index is 1120. The molecule has 2 amide bonds. The van der Waals surface area contributed by atoms with Gasteiger partial charge in [0, 0.05) is 24.9 Å². The highest BCUT2D eigenvalue weighted by Gasteiger charge is 2.62. The summed E-state index contributed by atoms with van der Waals surface area (Å²) in [5.74, 6) is -3.13. The van der Waals surface area contributed by atoms with E-state index in [4.69, 9.17) is 9.47 Å². The van der Waals surface area contributed by atoms with E-state index in [9.17, 15) is 23.5 Å². The Morgan fingerprint density at radius 2 is 1.57 bits per heavy atom. The third-order valence-corrected chi connectivity index (χ3v) is 7.35. The van der Waals surface area contributed by atoms with Crippen molar-refractivity contribution >= 4 is 12.0 Å². The van der Waals surface area contributed by atoms with Gasteiger partial charge in [0.15, 0.2) is 5.54 Å². The highest BCUT2D eigenvalue weighted by atomic mass is 19.3. The van der Waals surface area contributed by atoms with E-state index in [1.54, 1.807) is 0 Å². The van der Waals surface area contributed by atoms with Crippen LogP contribution in [0.4, 0.5) is 13.6 Å². The number of rotatable bonds is 14. The van der Waals surface area contributed by atoms with Gasteiger partial charge < -0.3 is 24.8 Å². The van der Waals surface area contributed by atoms with Gasteiger partial charge in [0.2, 0.25) is 0 Å². The van der Waals surface area contributed by atoms with Crippen LogP contribution in [0.3, 0.4) is 0 Å². The number of nitrogens with zero attached hydrogens (tertiary/aromatic N) is 1. The number of carboxylic acid groups (broad SMARTS) is 1.